The van der Waals surface area contributed by atoms with Crippen LogP contribution in [0.1, 0.15) is 19.4 Å². The summed E-state index contributed by atoms with van der Waals surface area (Å²) in [6.45, 7) is 6.29. The van der Waals surface area contributed by atoms with Crippen molar-refractivity contribution in [1.29, 1.82) is 0 Å². The van der Waals surface area contributed by atoms with Crippen molar-refractivity contribution in [2.75, 3.05) is 19.8 Å². The zero-order chi connectivity index (χ0) is 14.9. The fourth-order valence-electron chi connectivity index (χ4n) is 2.14. The van der Waals surface area contributed by atoms with Crippen LogP contribution in [0.15, 0.2) is 41.1 Å². The van der Waals surface area contributed by atoms with Gasteiger partial charge in [-0.15, -0.1) is 0 Å². The molecule has 0 radical (unpaired) electrons. The predicted molar refractivity (Wildman–Crippen MR) is 88.6 cm³/mol. The van der Waals surface area contributed by atoms with E-state index in [4.69, 9.17) is 9.47 Å². The Hall–Kier alpha value is -1.52. The molecule has 0 aliphatic rings. The van der Waals surface area contributed by atoms with Crippen LogP contribution in [0, 0.1) is 0 Å². The smallest absolute Gasteiger partial charge is 0.161 e. The van der Waals surface area contributed by atoms with Gasteiger partial charge in [0.25, 0.3) is 0 Å². The summed E-state index contributed by atoms with van der Waals surface area (Å²) >= 11 is 1.75. The Morgan fingerprint density at radius 1 is 1.14 bits per heavy atom. The molecule has 2 rings (SSSR count). The molecular formula is C17H23NO2S. The summed E-state index contributed by atoms with van der Waals surface area (Å²) in [6, 6.07) is 10.4. The summed E-state index contributed by atoms with van der Waals surface area (Å²) in [5.41, 5.74) is 1.39. The van der Waals surface area contributed by atoms with Gasteiger partial charge in [0.2, 0.25) is 0 Å². The molecule has 1 atom stereocenters. The molecule has 4 heteroatoms. The summed E-state index contributed by atoms with van der Waals surface area (Å²) in [5.74, 6) is 1.62. The second-order valence-corrected chi connectivity index (χ2v) is 5.70. The molecule has 0 fully saturated rings. The molecule has 0 spiro atoms. The minimum Gasteiger partial charge on any atom is -0.490 e. The van der Waals surface area contributed by atoms with Crippen molar-refractivity contribution in [3.8, 4) is 11.5 Å². The molecule has 0 saturated heterocycles. The quantitative estimate of drug-likeness (QED) is 0.716. The number of thiophene rings is 1. The Morgan fingerprint density at radius 3 is 2.57 bits per heavy atom. The summed E-state index contributed by atoms with van der Waals surface area (Å²) in [7, 11) is 0. The average molecular weight is 305 g/mol. The SMILES string of the molecule is CCOc1ccccc1OCCNC(C)Cc1ccsc1. The number of hydrogen-bond donors (Lipinski definition) is 1. The average Bonchev–Trinajstić information content (AvgIpc) is 2.98. The molecule has 1 aromatic carbocycles. The summed E-state index contributed by atoms with van der Waals surface area (Å²) in [5, 5.41) is 7.80. The number of hydrogen-bond acceptors (Lipinski definition) is 4. The first kappa shape index (κ1) is 15.9. The lowest BCUT2D eigenvalue weighted by molar-refractivity contribution is 0.272. The maximum absolute atomic E-state index is 5.79. The van der Waals surface area contributed by atoms with Crippen LogP contribution in [-0.4, -0.2) is 25.8 Å². The van der Waals surface area contributed by atoms with E-state index in [0.717, 1.165) is 24.5 Å². The molecule has 0 aliphatic carbocycles. The largest absolute Gasteiger partial charge is 0.490 e. The van der Waals surface area contributed by atoms with Gasteiger partial charge in [-0.2, -0.15) is 11.3 Å². The van der Waals surface area contributed by atoms with Crippen LogP contribution >= 0.6 is 11.3 Å². The van der Waals surface area contributed by atoms with Gasteiger partial charge < -0.3 is 14.8 Å². The third-order valence-electron chi connectivity index (χ3n) is 3.12. The van der Waals surface area contributed by atoms with Gasteiger partial charge in [-0.05, 0) is 54.8 Å². The third-order valence-corrected chi connectivity index (χ3v) is 3.86. The highest BCUT2D eigenvalue weighted by molar-refractivity contribution is 7.07. The van der Waals surface area contributed by atoms with Crippen molar-refractivity contribution in [3.05, 3.63) is 46.7 Å². The third kappa shape index (κ3) is 5.40. The van der Waals surface area contributed by atoms with Gasteiger partial charge in [0.15, 0.2) is 11.5 Å². The number of rotatable bonds is 9. The van der Waals surface area contributed by atoms with Gasteiger partial charge in [0, 0.05) is 12.6 Å². The molecule has 21 heavy (non-hydrogen) atoms. The Labute approximate surface area is 130 Å². The Balaban J connectivity index is 1.69. The first-order chi connectivity index (χ1) is 10.3. The van der Waals surface area contributed by atoms with Gasteiger partial charge in [0.1, 0.15) is 6.61 Å². The second-order valence-electron chi connectivity index (χ2n) is 4.92. The summed E-state index contributed by atoms with van der Waals surface area (Å²) in [4.78, 5) is 0. The lowest BCUT2D eigenvalue weighted by Crippen LogP contribution is -2.31. The highest BCUT2D eigenvalue weighted by Crippen LogP contribution is 2.26. The van der Waals surface area contributed by atoms with Crippen LogP contribution in [0.4, 0.5) is 0 Å². The van der Waals surface area contributed by atoms with Gasteiger partial charge >= 0.3 is 0 Å². The van der Waals surface area contributed by atoms with Crippen molar-refractivity contribution in [2.24, 2.45) is 0 Å². The molecule has 114 valence electrons. The van der Waals surface area contributed by atoms with Crippen LogP contribution in [0.2, 0.25) is 0 Å². The first-order valence-corrected chi connectivity index (χ1v) is 8.33. The van der Waals surface area contributed by atoms with Gasteiger partial charge in [0.05, 0.1) is 6.61 Å². The van der Waals surface area contributed by atoms with Crippen LogP contribution < -0.4 is 14.8 Å². The van der Waals surface area contributed by atoms with Crippen LogP contribution in [-0.2, 0) is 6.42 Å². The maximum atomic E-state index is 5.79. The van der Waals surface area contributed by atoms with Crippen molar-refractivity contribution < 1.29 is 9.47 Å². The van der Waals surface area contributed by atoms with Crippen molar-refractivity contribution in [2.45, 2.75) is 26.3 Å². The maximum Gasteiger partial charge on any atom is 0.161 e. The molecular weight excluding hydrogens is 282 g/mol. The molecule has 1 N–H and O–H groups in total. The van der Waals surface area contributed by atoms with E-state index in [1.165, 1.54) is 5.56 Å². The number of nitrogens with one attached hydrogen (secondary N) is 1. The second kappa shape index (κ2) is 8.70. The van der Waals surface area contributed by atoms with Gasteiger partial charge in [-0.3, -0.25) is 0 Å². The van der Waals surface area contributed by atoms with Crippen molar-refractivity contribution >= 4 is 11.3 Å². The van der Waals surface area contributed by atoms with Crippen LogP contribution in [0.5, 0.6) is 11.5 Å². The molecule has 1 heterocycles. The van der Waals surface area contributed by atoms with E-state index in [2.05, 4.69) is 29.1 Å². The molecule has 1 unspecified atom stereocenters. The van der Waals surface area contributed by atoms with Crippen molar-refractivity contribution in [1.82, 2.24) is 5.32 Å². The highest BCUT2D eigenvalue weighted by Gasteiger charge is 2.05. The molecule has 0 saturated carbocycles. The van der Waals surface area contributed by atoms with E-state index in [9.17, 15) is 0 Å². The molecule has 0 aliphatic heterocycles. The minimum atomic E-state index is 0.449. The topological polar surface area (TPSA) is 30.5 Å². The van der Waals surface area contributed by atoms with E-state index >= 15 is 0 Å². The Morgan fingerprint density at radius 2 is 1.90 bits per heavy atom. The van der Waals surface area contributed by atoms with Crippen molar-refractivity contribution in [3.63, 3.8) is 0 Å². The van der Waals surface area contributed by atoms with Gasteiger partial charge in [-0.1, -0.05) is 12.1 Å². The van der Waals surface area contributed by atoms with Gasteiger partial charge in [-0.25, -0.2) is 0 Å². The van der Waals surface area contributed by atoms with E-state index in [-0.39, 0.29) is 0 Å². The fraction of sp³-hybridized carbons (Fsp3) is 0.412. The Bertz CT molecular complexity index is 513. The monoisotopic (exact) mass is 305 g/mol. The molecule has 2 aromatic rings. The lowest BCUT2D eigenvalue weighted by atomic mass is 10.1. The van der Waals surface area contributed by atoms with E-state index in [1.807, 2.05) is 31.2 Å². The van der Waals surface area contributed by atoms with E-state index in [1.54, 1.807) is 11.3 Å². The number of para-hydroxylation sites is 2. The standard InChI is InChI=1S/C17H23NO2S/c1-3-19-16-6-4-5-7-17(16)20-10-9-18-14(2)12-15-8-11-21-13-15/h4-8,11,13-14,18H,3,9-10,12H2,1-2H3. The minimum absolute atomic E-state index is 0.449. The van der Waals surface area contributed by atoms with E-state index < -0.39 is 0 Å². The number of benzene rings is 1. The zero-order valence-electron chi connectivity index (χ0n) is 12.7. The first-order valence-electron chi connectivity index (χ1n) is 7.38. The Kier molecular flexibility index (Phi) is 6.57. The van der Waals surface area contributed by atoms with E-state index in [0.29, 0.717) is 19.3 Å². The zero-order valence-corrected chi connectivity index (χ0v) is 13.5. The molecule has 0 amide bonds. The highest BCUT2D eigenvalue weighted by atomic mass is 32.1. The molecule has 0 bridgehead atoms. The summed E-state index contributed by atoms with van der Waals surface area (Å²) < 4.78 is 11.3. The molecule has 3 nitrogen and oxygen atoms in total. The van der Waals surface area contributed by atoms with Crippen LogP contribution in [0.3, 0.4) is 0 Å². The number of ether oxygens (including phenoxy) is 2. The predicted octanol–water partition coefficient (Wildman–Crippen LogP) is 3.75. The normalized spacial score (nSPS) is 12.1. The molecule has 1 aromatic heterocycles. The summed E-state index contributed by atoms with van der Waals surface area (Å²) in [6.07, 6.45) is 1.05. The lowest BCUT2D eigenvalue weighted by Gasteiger charge is -2.15. The van der Waals surface area contributed by atoms with Crippen LogP contribution in [0.25, 0.3) is 0 Å². The fourth-order valence-corrected chi connectivity index (χ4v) is 2.83.